The number of amides is 1. The molecular weight excluding hydrogens is 540 g/mol. The van der Waals surface area contributed by atoms with Crippen molar-refractivity contribution >= 4 is 48.9 Å². The molecule has 4 rings (SSSR count). The van der Waals surface area contributed by atoms with Gasteiger partial charge in [-0.25, -0.2) is 16.8 Å². The van der Waals surface area contributed by atoms with Crippen molar-refractivity contribution < 1.29 is 26.4 Å². The smallest absolute Gasteiger partial charge is 0.261 e. The lowest BCUT2D eigenvalue weighted by atomic mass is 10.1. The summed E-state index contributed by atoms with van der Waals surface area (Å²) in [5, 5.41) is 11.8. The zero-order valence-electron chi connectivity index (χ0n) is 19.2. The van der Waals surface area contributed by atoms with Crippen molar-refractivity contribution in [1.82, 2.24) is 4.31 Å². The van der Waals surface area contributed by atoms with Crippen molar-refractivity contribution in [2.45, 2.75) is 9.79 Å². The van der Waals surface area contributed by atoms with E-state index in [-0.39, 0.29) is 39.2 Å². The maximum absolute atomic E-state index is 13.0. The highest BCUT2D eigenvalue weighted by molar-refractivity contribution is 7.92. The zero-order valence-corrected chi connectivity index (χ0v) is 21.6. The molecule has 3 aromatic rings. The van der Waals surface area contributed by atoms with E-state index in [1.165, 1.54) is 71.0 Å². The monoisotopic (exact) mass is 560 g/mol. The van der Waals surface area contributed by atoms with E-state index in [9.17, 15) is 21.6 Å². The van der Waals surface area contributed by atoms with Crippen LogP contribution in [0.5, 0.6) is 0 Å². The number of nitriles is 1. The minimum absolute atomic E-state index is 0.0159. The van der Waals surface area contributed by atoms with Crippen LogP contribution in [0.1, 0.15) is 15.9 Å². The third-order valence-electron chi connectivity index (χ3n) is 5.48. The van der Waals surface area contributed by atoms with Gasteiger partial charge in [-0.2, -0.15) is 9.57 Å². The predicted octanol–water partition coefficient (Wildman–Crippen LogP) is 3.29. The lowest BCUT2D eigenvalue weighted by molar-refractivity contribution is 0.0730. The standard InChI is InChI=1S/C24H21ClN4O6S2/c25-18-3-10-23(28-36(31,32)20-6-1-17(16-26)2-7-20)22(15-18)24(30)27-19-4-8-21(9-5-19)37(33,34)29-11-13-35-14-12-29/h1-10,15,28H,11-14H2,(H,27,30). The van der Waals surface area contributed by atoms with Gasteiger partial charge >= 0.3 is 0 Å². The van der Waals surface area contributed by atoms with Crippen LogP contribution in [0.4, 0.5) is 11.4 Å². The minimum atomic E-state index is -4.08. The second-order valence-corrected chi connectivity index (χ2v) is 12.0. The summed E-state index contributed by atoms with van der Waals surface area (Å²) in [6.07, 6.45) is 0. The largest absolute Gasteiger partial charge is 0.379 e. The fraction of sp³-hybridized carbons (Fsp3) is 0.167. The Hall–Kier alpha value is -3.47. The van der Waals surface area contributed by atoms with E-state index in [1.807, 2.05) is 6.07 Å². The normalized spacial score (nSPS) is 14.5. The SMILES string of the molecule is N#Cc1ccc(S(=O)(=O)Nc2ccc(Cl)cc2C(=O)Nc2ccc(S(=O)(=O)N3CCOCC3)cc2)cc1. The van der Waals surface area contributed by atoms with Gasteiger partial charge in [-0.1, -0.05) is 11.6 Å². The van der Waals surface area contributed by atoms with Crippen LogP contribution in [0.15, 0.2) is 76.5 Å². The number of hydrogen-bond acceptors (Lipinski definition) is 7. The Kier molecular flexibility index (Phi) is 7.82. The molecule has 0 unspecified atom stereocenters. The second-order valence-electron chi connectivity index (χ2n) is 7.93. The molecule has 1 heterocycles. The lowest BCUT2D eigenvalue weighted by Crippen LogP contribution is -2.40. The Bertz CT molecular complexity index is 1560. The molecule has 0 atom stereocenters. The van der Waals surface area contributed by atoms with Crippen molar-refractivity contribution in [2.75, 3.05) is 36.3 Å². The van der Waals surface area contributed by atoms with Gasteiger partial charge in [-0.3, -0.25) is 9.52 Å². The molecule has 0 aromatic heterocycles. The van der Waals surface area contributed by atoms with Gasteiger partial charge in [0.2, 0.25) is 10.0 Å². The summed E-state index contributed by atoms with van der Waals surface area (Å²) in [4.78, 5) is 13.0. The van der Waals surface area contributed by atoms with Crippen LogP contribution >= 0.6 is 11.6 Å². The number of hydrogen-bond donors (Lipinski definition) is 2. The van der Waals surface area contributed by atoms with Gasteiger partial charge in [0.25, 0.3) is 15.9 Å². The van der Waals surface area contributed by atoms with Gasteiger partial charge in [-0.05, 0) is 66.7 Å². The molecule has 0 radical (unpaired) electrons. The molecule has 0 saturated carbocycles. The van der Waals surface area contributed by atoms with E-state index in [0.717, 1.165) is 0 Å². The summed E-state index contributed by atoms with van der Waals surface area (Å²) in [6, 6.07) is 17.0. The molecule has 2 N–H and O–H groups in total. The van der Waals surface area contributed by atoms with Crippen LogP contribution in [-0.4, -0.2) is 53.4 Å². The molecular formula is C24H21ClN4O6S2. The number of halogens is 1. The molecule has 10 nitrogen and oxygen atoms in total. The van der Waals surface area contributed by atoms with E-state index in [1.54, 1.807) is 0 Å². The topological polar surface area (TPSA) is 146 Å². The van der Waals surface area contributed by atoms with E-state index in [4.69, 9.17) is 21.6 Å². The van der Waals surface area contributed by atoms with Crippen LogP contribution in [-0.2, 0) is 24.8 Å². The van der Waals surface area contributed by atoms with Crippen molar-refractivity contribution in [3.8, 4) is 6.07 Å². The summed E-state index contributed by atoms with van der Waals surface area (Å²) in [6.45, 7) is 1.17. The van der Waals surface area contributed by atoms with E-state index in [2.05, 4.69) is 10.0 Å². The highest BCUT2D eigenvalue weighted by Crippen LogP contribution is 2.26. The molecule has 1 aliphatic heterocycles. The lowest BCUT2D eigenvalue weighted by Gasteiger charge is -2.26. The van der Waals surface area contributed by atoms with Gasteiger partial charge < -0.3 is 10.1 Å². The first-order chi connectivity index (χ1) is 17.6. The number of rotatable bonds is 7. The van der Waals surface area contributed by atoms with Crippen molar-refractivity contribution in [2.24, 2.45) is 0 Å². The number of carbonyl (C=O) groups is 1. The highest BCUT2D eigenvalue weighted by Gasteiger charge is 2.26. The molecule has 0 spiro atoms. The van der Waals surface area contributed by atoms with Gasteiger partial charge in [0.15, 0.2) is 0 Å². The number of ether oxygens (including phenoxy) is 1. The van der Waals surface area contributed by atoms with Gasteiger partial charge in [0, 0.05) is 23.8 Å². The van der Waals surface area contributed by atoms with E-state index >= 15 is 0 Å². The van der Waals surface area contributed by atoms with Gasteiger partial charge in [0.05, 0.1) is 45.9 Å². The molecule has 3 aromatic carbocycles. The summed E-state index contributed by atoms with van der Waals surface area (Å²) >= 11 is 6.06. The summed E-state index contributed by atoms with van der Waals surface area (Å²) < 4.78 is 60.2. The number of morpholine rings is 1. The number of carbonyl (C=O) groups excluding carboxylic acids is 1. The Labute approximate surface area is 219 Å². The molecule has 13 heteroatoms. The van der Waals surface area contributed by atoms with Gasteiger partial charge in [-0.15, -0.1) is 0 Å². The number of benzene rings is 3. The van der Waals surface area contributed by atoms with E-state index < -0.39 is 26.0 Å². The van der Waals surface area contributed by atoms with Crippen LogP contribution in [0.3, 0.4) is 0 Å². The summed E-state index contributed by atoms with van der Waals surface area (Å²) in [5.41, 5.74) is 0.536. The fourth-order valence-electron chi connectivity index (χ4n) is 3.55. The van der Waals surface area contributed by atoms with Crippen molar-refractivity contribution in [3.63, 3.8) is 0 Å². The molecule has 37 heavy (non-hydrogen) atoms. The van der Waals surface area contributed by atoms with Crippen molar-refractivity contribution in [3.05, 3.63) is 82.9 Å². The number of nitrogens with zero attached hydrogens (tertiary/aromatic N) is 2. The van der Waals surface area contributed by atoms with Crippen LogP contribution in [0.2, 0.25) is 5.02 Å². The Morgan fingerprint density at radius 2 is 1.54 bits per heavy atom. The number of sulfonamides is 2. The maximum Gasteiger partial charge on any atom is 0.261 e. The molecule has 192 valence electrons. The quantitative estimate of drug-likeness (QED) is 0.451. The fourth-order valence-corrected chi connectivity index (χ4v) is 6.21. The van der Waals surface area contributed by atoms with Crippen LogP contribution in [0.25, 0.3) is 0 Å². The summed E-state index contributed by atoms with van der Waals surface area (Å²) in [5.74, 6) is -0.663. The van der Waals surface area contributed by atoms with E-state index in [0.29, 0.717) is 24.5 Å². The summed E-state index contributed by atoms with van der Waals surface area (Å²) in [7, 11) is -7.77. The number of anilines is 2. The Morgan fingerprint density at radius 3 is 2.16 bits per heavy atom. The second kappa shape index (κ2) is 10.9. The third-order valence-corrected chi connectivity index (χ3v) is 9.01. The molecule has 0 aliphatic carbocycles. The first-order valence-corrected chi connectivity index (χ1v) is 14.2. The minimum Gasteiger partial charge on any atom is -0.379 e. The molecule has 1 saturated heterocycles. The molecule has 0 bridgehead atoms. The highest BCUT2D eigenvalue weighted by atomic mass is 35.5. The molecule has 1 amide bonds. The zero-order chi connectivity index (χ0) is 26.6. The predicted molar refractivity (Wildman–Crippen MR) is 137 cm³/mol. The molecule has 1 fully saturated rings. The Balaban J connectivity index is 1.54. The van der Waals surface area contributed by atoms with Crippen LogP contribution in [0, 0.1) is 11.3 Å². The number of nitrogens with one attached hydrogen (secondary N) is 2. The Morgan fingerprint density at radius 1 is 0.919 bits per heavy atom. The average molecular weight is 561 g/mol. The van der Waals surface area contributed by atoms with Crippen molar-refractivity contribution in [1.29, 1.82) is 5.26 Å². The first-order valence-electron chi connectivity index (χ1n) is 10.9. The first kappa shape index (κ1) is 26.6. The molecule has 1 aliphatic rings. The average Bonchev–Trinajstić information content (AvgIpc) is 2.90. The van der Waals surface area contributed by atoms with Gasteiger partial charge in [0.1, 0.15) is 0 Å². The van der Waals surface area contributed by atoms with Crippen LogP contribution < -0.4 is 10.0 Å². The maximum atomic E-state index is 13.0. The third kappa shape index (κ3) is 6.10.